The first-order valence-electron chi connectivity index (χ1n) is 7.82. The van der Waals surface area contributed by atoms with E-state index in [0.29, 0.717) is 17.3 Å². The van der Waals surface area contributed by atoms with Crippen molar-refractivity contribution in [3.63, 3.8) is 0 Å². The molecular weight excluding hydrogens is 408 g/mol. The van der Waals surface area contributed by atoms with E-state index in [1.54, 1.807) is 23.5 Å². The zero-order chi connectivity index (χ0) is 18.9. The molecule has 27 heavy (non-hydrogen) atoms. The molecule has 7 nitrogen and oxygen atoms in total. The van der Waals surface area contributed by atoms with Crippen molar-refractivity contribution >= 4 is 38.9 Å². The summed E-state index contributed by atoms with van der Waals surface area (Å²) in [4.78, 5) is 5.40. The molecule has 0 radical (unpaired) electrons. The van der Waals surface area contributed by atoms with Crippen LogP contribution in [0.25, 0.3) is 11.6 Å². The summed E-state index contributed by atoms with van der Waals surface area (Å²) in [5.74, 6) is 0.648. The van der Waals surface area contributed by atoms with Gasteiger partial charge in [0.1, 0.15) is 0 Å². The van der Waals surface area contributed by atoms with Gasteiger partial charge in [0.15, 0.2) is 5.76 Å². The lowest BCUT2D eigenvalue weighted by Crippen LogP contribution is -2.18. The van der Waals surface area contributed by atoms with E-state index in [2.05, 4.69) is 15.4 Å². The van der Waals surface area contributed by atoms with Gasteiger partial charge in [0.25, 0.3) is 10.0 Å². The van der Waals surface area contributed by atoms with Gasteiger partial charge in [0, 0.05) is 9.90 Å². The van der Waals surface area contributed by atoms with E-state index >= 15 is 0 Å². The largest absolute Gasteiger partial charge is 0.461 e. The zero-order valence-electron chi connectivity index (χ0n) is 13.7. The van der Waals surface area contributed by atoms with Gasteiger partial charge in [-0.15, -0.1) is 20.5 Å². The molecule has 138 valence electrons. The molecule has 0 atom stereocenters. The summed E-state index contributed by atoms with van der Waals surface area (Å²) < 4.78 is 32.3. The smallest absolute Gasteiger partial charge is 0.286 e. The Kier molecular flexibility index (Phi) is 4.73. The van der Waals surface area contributed by atoms with Crippen LogP contribution in [0, 0.1) is 0 Å². The molecule has 0 saturated carbocycles. The molecular formula is C17H13ClN4O3S2. The maximum Gasteiger partial charge on any atom is 0.286 e. The van der Waals surface area contributed by atoms with Gasteiger partial charge in [-0.2, -0.15) is 13.4 Å². The van der Waals surface area contributed by atoms with Crippen molar-refractivity contribution < 1.29 is 12.8 Å². The average molecular weight is 421 g/mol. The van der Waals surface area contributed by atoms with E-state index in [0.717, 1.165) is 8.96 Å². The van der Waals surface area contributed by atoms with Crippen LogP contribution in [0.15, 0.2) is 69.5 Å². The fourth-order valence-electron chi connectivity index (χ4n) is 2.37. The third-order valence-corrected chi connectivity index (χ3v) is 6.37. The highest BCUT2D eigenvalue weighted by molar-refractivity contribution is 7.90. The molecule has 10 heteroatoms. The Morgan fingerprint density at radius 3 is 2.63 bits per heavy atom. The minimum Gasteiger partial charge on any atom is -0.461 e. The molecule has 0 aliphatic heterocycles. The summed E-state index contributed by atoms with van der Waals surface area (Å²) in [6.45, 7) is 0.421. The summed E-state index contributed by atoms with van der Waals surface area (Å²) in [5.41, 5.74) is 0. The van der Waals surface area contributed by atoms with E-state index in [-0.39, 0.29) is 16.7 Å². The average Bonchev–Trinajstić information content (AvgIpc) is 3.40. The first-order valence-corrected chi connectivity index (χ1v) is 10.5. The lowest BCUT2D eigenvalue weighted by molar-refractivity contribution is 0.573. The van der Waals surface area contributed by atoms with Crippen molar-refractivity contribution in [2.24, 2.45) is 0 Å². The van der Waals surface area contributed by atoms with Crippen LogP contribution in [0.4, 0.5) is 5.95 Å². The predicted octanol–water partition coefficient (Wildman–Crippen LogP) is 4.10. The van der Waals surface area contributed by atoms with Crippen LogP contribution < -0.4 is 5.32 Å². The monoisotopic (exact) mass is 420 g/mol. The van der Waals surface area contributed by atoms with E-state index in [1.165, 1.54) is 30.5 Å². The highest BCUT2D eigenvalue weighted by Crippen LogP contribution is 2.24. The van der Waals surface area contributed by atoms with Crippen LogP contribution in [-0.4, -0.2) is 22.6 Å². The number of benzene rings is 1. The fraction of sp³-hybridized carbons (Fsp3) is 0.0588. The highest BCUT2D eigenvalue weighted by atomic mass is 35.5. The molecule has 1 N–H and O–H groups in total. The van der Waals surface area contributed by atoms with Crippen molar-refractivity contribution in [1.82, 2.24) is 14.2 Å². The molecule has 4 rings (SSSR count). The fourth-order valence-corrected chi connectivity index (χ4v) is 4.34. The predicted molar refractivity (Wildman–Crippen MR) is 103 cm³/mol. The molecule has 0 unspecified atom stereocenters. The summed E-state index contributed by atoms with van der Waals surface area (Å²) in [6, 6.07) is 13.1. The van der Waals surface area contributed by atoms with E-state index in [4.69, 9.17) is 16.0 Å². The van der Waals surface area contributed by atoms with E-state index < -0.39 is 10.0 Å². The molecule has 3 heterocycles. The number of anilines is 1. The zero-order valence-corrected chi connectivity index (χ0v) is 16.1. The third kappa shape index (κ3) is 3.61. The van der Waals surface area contributed by atoms with E-state index in [9.17, 15) is 8.42 Å². The number of rotatable bonds is 6. The van der Waals surface area contributed by atoms with Crippen molar-refractivity contribution in [3.05, 3.63) is 70.1 Å². The standard InChI is InChI=1S/C17H13ClN4O3S2/c18-12-5-7-14(8-6-12)27(23,24)22-17(19-11-13-3-2-10-26-13)20-16(21-22)15-4-1-9-25-15/h1-10H,11H2,(H,19,20,21). The maximum atomic E-state index is 13.1. The molecule has 0 aliphatic carbocycles. The number of hydrogen-bond donors (Lipinski definition) is 1. The highest BCUT2D eigenvalue weighted by Gasteiger charge is 2.25. The number of furan rings is 1. The Hall–Kier alpha value is -2.62. The van der Waals surface area contributed by atoms with Crippen LogP contribution in [0.1, 0.15) is 4.88 Å². The Labute approximate surface area is 164 Å². The second-order valence-electron chi connectivity index (χ2n) is 5.47. The number of aromatic nitrogens is 3. The number of thiophene rings is 1. The Morgan fingerprint density at radius 1 is 1.15 bits per heavy atom. The minimum atomic E-state index is -3.96. The molecule has 0 fully saturated rings. The topological polar surface area (TPSA) is 90.0 Å². The Morgan fingerprint density at radius 2 is 1.96 bits per heavy atom. The molecule has 1 aromatic carbocycles. The summed E-state index contributed by atoms with van der Waals surface area (Å²) in [6.07, 6.45) is 1.47. The van der Waals surface area contributed by atoms with Crippen LogP contribution in [0.2, 0.25) is 5.02 Å². The van der Waals surface area contributed by atoms with Crippen LogP contribution in [0.5, 0.6) is 0 Å². The third-order valence-electron chi connectivity index (χ3n) is 3.66. The molecule has 0 saturated heterocycles. The lowest BCUT2D eigenvalue weighted by atomic mass is 10.4. The van der Waals surface area contributed by atoms with Crippen molar-refractivity contribution in [2.75, 3.05) is 5.32 Å². The number of nitrogens with one attached hydrogen (secondary N) is 1. The van der Waals surface area contributed by atoms with Gasteiger partial charge in [0.05, 0.1) is 17.7 Å². The molecule has 0 aliphatic rings. The summed E-state index contributed by atoms with van der Waals surface area (Å²) in [5, 5.41) is 9.58. The number of halogens is 1. The molecule has 0 amide bonds. The first kappa shape index (κ1) is 17.8. The molecule has 4 aromatic rings. The van der Waals surface area contributed by atoms with Gasteiger partial charge in [-0.05, 0) is 47.8 Å². The quantitative estimate of drug-likeness (QED) is 0.505. The summed E-state index contributed by atoms with van der Waals surface area (Å²) >= 11 is 7.42. The maximum absolute atomic E-state index is 13.1. The van der Waals surface area contributed by atoms with Crippen LogP contribution in [0.3, 0.4) is 0 Å². The van der Waals surface area contributed by atoms with Crippen molar-refractivity contribution in [2.45, 2.75) is 11.4 Å². The lowest BCUT2D eigenvalue weighted by Gasteiger charge is -2.08. The second-order valence-corrected chi connectivity index (χ2v) is 8.71. The van der Waals surface area contributed by atoms with Crippen LogP contribution >= 0.6 is 22.9 Å². The minimum absolute atomic E-state index is 0.0574. The Balaban J connectivity index is 1.76. The molecule has 0 spiro atoms. The second kappa shape index (κ2) is 7.18. The van der Waals surface area contributed by atoms with Gasteiger partial charge < -0.3 is 9.73 Å². The number of nitrogens with zero attached hydrogens (tertiary/aromatic N) is 3. The van der Waals surface area contributed by atoms with Crippen molar-refractivity contribution in [3.8, 4) is 11.6 Å². The van der Waals surface area contributed by atoms with E-state index in [1.807, 2.05) is 17.5 Å². The van der Waals surface area contributed by atoms with Gasteiger partial charge >= 0.3 is 0 Å². The Bertz CT molecular complexity index is 1140. The SMILES string of the molecule is O=S(=O)(c1ccc(Cl)cc1)n1nc(-c2ccco2)nc1NCc1cccs1. The molecule has 0 bridgehead atoms. The van der Waals surface area contributed by atoms with Gasteiger partial charge in [-0.3, -0.25) is 0 Å². The van der Waals surface area contributed by atoms with Crippen LogP contribution in [-0.2, 0) is 16.6 Å². The number of hydrogen-bond acceptors (Lipinski definition) is 7. The summed E-state index contributed by atoms with van der Waals surface area (Å²) in [7, 11) is -3.96. The van der Waals surface area contributed by atoms with Gasteiger partial charge in [0.2, 0.25) is 11.8 Å². The van der Waals surface area contributed by atoms with Gasteiger partial charge in [-0.1, -0.05) is 17.7 Å². The first-order chi connectivity index (χ1) is 13.0. The molecule has 3 aromatic heterocycles. The van der Waals surface area contributed by atoms with Crippen molar-refractivity contribution in [1.29, 1.82) is 0 Å². The normalized spacial score (nSPS) is 11.6. The van der Waals surface area contributed by atoms with Gasteiger partial charge in [-0.25, -0.2) is 0 Å².